The molecular weight excluding hydrogens is 186 g/mol. The highest BCUT2D eigenvalue weighted by Crippen LogP contribution is 2.34. The van der Waals surface area contributed by atoms with E-state index in [4.69, 9.17) is 0 Å². The van der Waals surface area contributed by atoms with Crippen LogP contribution >= 0.6 is 0 Å². The summed E-state index contributed by atoms with van der Waals surface area (Å²) in [5, 5.41) is 9.50. The number of hydrogen-bond donors (Lipinski definition) is 1. The fraction of sp³-hybridized carbons (Fsp3) is 1.00. The Morgan fingerprint density at radius 3 is 2.53 bits per heavy atom. The van der Waals surface area contributed by atoms with E-state index >= 15 is 0 Å². The molecule has 2 aliphatic carbocycles. The molecule has 0 saturated heterocycles. The van der Waals surface area contributed by atoms with E-state index in [9.17, 15) is 5.11 Å². The van der Waals surface area contributed by atoms with Gasteiger partial charge in [0.2, 0.25) is 0 Å². The monoisotopic (exact) mass is 211 g/mol. The third-order valence-corrected chi connectivity index (χ3v) is 3.71. The maximum absolute atomic E-state index is 9.50. The molecule has 0 aromatic heterocycles. The molecule has 0 aromatic carbocycles. The van der Waals surface area contributed by atoms with Gasteiger partial charge in [0.05, 0.1) is 6.10 Å². The molecule has 0 aromatic rings. The largest absolute Gasteiger partial charge is 0.393 e. The van der Waals surface area contributed by atoms with Gasteiger partial charge in [-0.25, -0.2) is 0 Å². The van der Waals surface area contributed by atoms with E-state index in [0.717, 1.165) is 24.8 Å². The van der Waals surface area contributed by atoms with Crippen LogP contribution in [0.2, 0.25) is 0 Å². The molecule has 0 radical (unpaired) electrons. The van der Waals surface area contributed by atoms with Crippen LogP contribution in [0, 0.1) is 5.92 Å². The third-order valence-electron chi connectivity index (χ3n) is 3.71. The number of hydrogen-bond acceptors (Lipinski definition) is 2. The maximum Gasteiger partial charge on any atom is 0.0538 e. The number of aliphatic hydroxyl groups is 1. The summed E-state index contributed by atoms with van der Waals surface area (Å²) in [5.74, 6) is 1.02. The van der Waals surface area contributed by atoms with Crippen molar-refractivity contribution >= 4 is 0 Å². The van der Waals surface area contributed by atoms with Crippen molar-refractivity contribution in [1.82, 2.24) is 4.90 Å². The predicted molar refractivity (Wildman–Crippen MR) is 62.9 cm³/mol. The topological polar surface area (TPSA) is 23.5 Å². The first kappa shape index (κ1) is 11.4. The molecule has 0 spiro atoms. The normalized spacial score (nSPS) is 23.4. The highest BCUT2D eigenvalue weighted by atomic mass is 16.3. The Morgan fingerprint density at radius 1 is 1.27 bits per heavy atom. The van der Waals surface area contributed by atoms with Gasteiger partial charge >= 0.3 is 0 Å². The second kappa shape index (κ2) is 5.31. The first-order valence-electron chi connectivity index (χ1n) is 6.71. The summed E-state index contributed by atoms with van der Waals surface area (Å²) >= 11 is 0. The lowest BCUT2D eigenvalue weighted by molar-refractivity contribution is 0.147. The van der Waals surface area contributed by atoms with E-state index in [-0.39, 0.29) is 6.10 Å². The van der Waals surface area contributed by atoms with Crippen molar-refractivity contribution < 1.29 is 5.11 Å². The summed E-state index contributed by atoms with van der Waals surface area (Å²) in [6, 6.07) is 0.907. The fourth-order valence-electron chi connectivity index (χ4n) is 2.23. The van der Waals surface area contributed by atoms with Gasteiger partial charge in [-0.3, -0.25) is 0 Å². The van der Waals surface area contributed by atoms with E-state index in [0.29, 0.717) is 0 Å². The van der Waals surface area contributed by atoms with Gasteiger partial charge in [-0.1, -0.05) is 6.92 Å². The van der Waals surface area contributed by atoms with Crippen LogP contribution in [0.5, 0.6) is 0 Å². The highest BCUT2D eigenvalue weighted by molar-refractivity contribution is 4.88. The van der Waals surface area contributed by atoms with Crippen molar-refractivity contribution in [2.45, 2.75) is 64.0 Å². The summed E-state index contributed by atoms with van der Waals surface area (Å²) in [6.45, 7) is 4.62. The molecule has 1 unspecified atom stereocenters. The highest BCUT2D eigenvalue weighted by Gasteiger charge is 2.33. The van der Waals surface area contributed by atoms with Gasteiger partial charge in [0, 0.05) is 12.6 Å². The molecule has 2 nitrogen and oxygen atoms in total. The van der Waals surface area contributed by atoms with Gasteiger partial charge < -0.3 is 10.0 Å². The van der Waals surface area contributed by atoms with Crippen LogP contribution in [0.15, 0.2) is 0 Å². The molecular formula is C13H25NO. The Morgan fingerprint density at radius 2 is 2.00 bits per heavy atom. The number of nitrogens with zero attached hydrogens (tertiary/aromatic N) is 1. The molecule has 2 heteroatoms. The minimum atomic E-state index is -0.0630. The third kappa shape index (κ3) is 4.12. The molecule has 2 aliphatic rings. The van der Waals surface area contributed by atoms with Crippen LogP contribution in [0.25, 0.3) is 0 Å². The van der Waals surface area contributed by atoms with Gasteiger partial charge in [0.15, 0.2) is 0 Å². The number of aliphatic hydroxyl groups excluding tert-OH is 1. The lowest BCUT2D eigenvalue weighted by atomic mass is 10.1. The minimum absolute atomic E-state index is 0.0630. The zero-order valence-electron chi connectivity index (χ0n) is 9.99. The fourth-order valence-corrected chi connectivity index (χ4v) is 2.23. The summed E-state index contributed by atoms with van der Waals surface area (Å²) < 4.78 is 0. The standard InChI is InChI=1S/C13H25NO/c1-2-13(15)4-3-9-14(12-7-8-12)10-11-5-6-11/h11-13,15H,2-10H2,1H3. The smallest absolute Gasteiger partial charge is 0.0538 e. The Bertz CT molecular complexity index is 187. The Labute approximate surface area is 93.7 Å². The van der Waals surface area contributed by atoms with Crippen LogP contribution in [0.1, 0.15) is 51.9 Å². The van der Waals surface area contributed by atoms with Crippen molar-refractivity contribution in [2.75, 3.05) is 13.1 Å². The molecule has 88 valence electrons. The maximum atomic E-state index is 9.50. The van der Waals surface area contributed by atoms with Crippen molar-refractivity contribution in [3.05, 3.63) is 0 Å². The average molecular weight is 211 g/mol. The molecule has 2 rings (SSSR count). The van der Waals surface area contributed by atoms with E-state index < -0.39 is 0 Å². The summed E-state index contributed by atoms with van der Waals surface area (Å²) in [6.07, 6.45) is 8.77. The van der Waals surface area contributed by atoms with E-state index in [1.165, 1.54) is 45.2 Å². The minimum Gasteiger partial charge on any atom is -0.393 e. The van der Waals surface area contributed by atoms with Crippen molar-refractivity contribution in [3.8, 4) is 0 Å². The number of rotatable bonds is 8. The predicted octanol–water partition coefficient (Wildman–Crippen LogP) is 2.41. The van der Waals surface area contributed by atoms with Crippen molar-refractivity contribution in [3.63, 3.8) is 0 Å². The molecule has 1 atom stereocenters. The molecule has 0 amide bonds. The molecule has 2 fully saturated rings. The summed E-state index contributed by atoms with van der Waals surface area (Å²) in [7, 11) is 0. The SMILES string of the molecule is CCC(O)CCCN(CC1CC1)C1CC1. The lowest BCUT2D eigenvalue weighted by Crippen LogP contribution is -2.29. The van der Waals surface area contributed by atoms with Crippen LogP contribution in [-0.4, -0.2) is 35.2 Å². The van der Waals surface area contributed by atoms with Crippen molar-refractivity contribution in [1.29, 1.82) is 0 Å². The molecule has 0 heterocycles. The molecule has 2 saturated carbocycles. The van der Waals surface area contributed by atoms with Crippen LogP contribution < -0.4 is 0 Å². The zero-order chi connectivity index (χ0) is 10.7. The van der Waals surface area contributed by atoms with Crippen LogP contribution in [0.3, 0.4) is 0 Å². The Kier molecular flexibility index (Phi) is 4.04. The van der Waals surface area contributed by atoms with Gasteiger partial charge in [-0.2, -0.15) is 0 Å². The summed E-state index contributed by atoms with van der Waals surface area (Å²) in [5.41, 5.74) is 0. The second-order valence-corrected chi connectivity index (χ2v) is 5.37. The van der Waals surface area contributed by atoms with Crippen LogP contribution in [-0.2, 0) is 0 Å². The first-order chi connectivity index (χ1) is 7.29. The Balaban J connectivity index is 1.60. The van der Waals surface area contributed by atoms with Gasteiger partial charge in [-0.15, -0.1) is 0 Å². The Hall–Kier alpha value is -0.0800. The van der Waals surface area contributed by atoms with Gasteiger partial charge in [0.25, 0.3) is 0 Å². The molecule has 1 N–H and O–H groups in total. The van der Waals surface area contributed by atoms with Gasteiger partial charge in [-0.05, 0) is 57.4 Å². The average Bonchev–Trinajstić information content (AvgIpc) is 3.07. The van der Waals surface area contributed by atoms with Gasteiger partial charge in [0.1, 0.15) is 0 Å². The second-order valence-electron chi connectivity index (χ2n) is 5.37. The zero-order valence-corrected chi connectivity index (χ0v) is 9.99. The summed E-state index contributed by atoms with van der Waals surface area (Å²) in [4.78, 5) is 2.68. The van der Waals surface area contributed by atoms with E-state index in [1.807, 2.05) is 0 Å². The molecule has 0 bridgehead atoms. The lowest BCUT2D eigenvalue weighted by Gasteiger charge is -2.22. The first-order valence-corrected chi connectivity index (χ1v) is 6.71. The molecule has 15 heavy (non-hydrogen) atoms. The molecule has 0 aliphatic heterocycles. The van der Waals surface area contributed by atoms with Crippen LogP contribution in [0.4, 0.5) is 0 Å². The van der Waals surface area contributed by atoms with E-state index in [1.54, 1.807) is 0 Å². The quantitative estimate of drug-likeness (QED) is 0.666. The van der Waals surface area contributed by atoms with Crippen molar-refractivity contribution in [2.24, 2.45) is 5.92 Å². The van der Waals surface area contributed by atoms with E-state index in [2.05, 4.69) is 11.8 Å².